The Labute approximate surface area is 114 Å². The summed E-state index contributed by atoms with van der Waals surface area (Å²) in [7, 11) is 0. The number of benzene rings is 1. The van der Waals surface area contributed by atoms with Crippen LogP contribution in [0.1, 0.15) is 17.3 Å². The van der Waals surface area contributed by atoms with Gasteiger partial charge in [0.1, 0.15) is 0 Å². The smallest absolute Gasteiger partial charge is 0.259 e. The maximum absolute atomic E-state index is 13.1. The maximum Gasteiger partial charge on any atom is 0.259 e. The van der Waals surface area contributed by atoms with Crippen LogP contribution in [0.4, 0.5) is 20.2 Å². The van der Waals surface area contributed by atoms with Crippen LogP contribution in [0.3, 0.4) is 0 Å². The summed E-state index contributed by atoms with van der Waals surface area (Å²) in [6.45, 7) is 2.55. The zero-order valence-electron chi connectivity index (χ0n) is 10.8. The van der Waals surface area contributed by atoms with Crippen molar-refractivity contribution in [3.63, 3.8) is 0 Å². The Morgan fingerprint density at radius 3 is 2.75 bits per heavy atom. The van der Waals surface area contributed by atoms with Crippen molar-refractivity contribution >= 4 is 17.3 Å². The normalized spacial score (nSPS) is 10.2. The zero-order valence-corrected chi connectivity index (χ0v) is 10.8. The van der Waals surface area contributed by atoms with E-state index in [0.717, 1.165) is 12.1 Å². The van der Waals surface area contributed by atoms with Crippen molar-refractivity contribution in [3.05, 3.63) is 53.9 Å². The molecule has 0 spiro atoms. The van der Waals surface area contributed by atoms with Gasteiger partial charge in [-0.2, -0.15) is 0 Å². The van der Waals surface area contributed by atoms with Gasteiger partial charge in [-0.3, -0.25) is 9.78 Å². The number of amides is 1. The van der Waals surface area contributed by atoms with Gasteiger partial charge in [-0.1, -0.05) is 0 Å². The van der Waals surface area contributed by atoms with E-state index in [1.165, 1.54) is 12.3 Å². The van der Waals surface area contributed by atoms with Crippen LogP contribution >= 0.6 is 0 Å². The molecule has 0 atom stereocenters. The molecule has 0 aliphatic heterocycles. The molecule has 0 bridgehead atoms. The van der Waals surface area contributed by atoms with Gasteiger partial charge in [0, 0.05) is 30.7 Å². The number of nitrogens with zero attached hydrogens (tertiary/aromatic N) is 1. The van der Waals surface area contributed by atoms with Gasteiger partial charge in [-0.15, -0.1) is 0 Å². The predicted molar refractivity (Wildman–Crippen MR) is 72.7 cm³/mol. The van der Waals surface area contributed by atoms with Gasteiger partial charge in [-0.25, -0.2) is 8.78 Å². The number of nitrogens with one attached hydrogen (secondary N) is 2. The molecule has 1 heterocycles. The van der Waals surface area contributed by atoms with Gasteiger partial charge in [0.2, 0.25) is 0 Å². The van der Waals surface area contributed by atoms with Crippen molar-refractivity contribution in [2.45, 2.75) is 6.92 Å². The fourth-order valence-electron chi connectivity index (χ4n) is 1.69. The average molecular weight is 277 g/mol. The number of aromatic nitrogens is 1. The van der Waals surface area contributed by atoms with E-state index in [9.17, 15) is 13.6 Å². The molecule has 1 aromatic heterocycles. The molecule has 0 radical (unpaired) electrons. The molecule has 0 saturated heterocycles. The van der Waals surface area contributed by atoms with Crippen molar-refractivity contribution in [1.82, 2.24) is 4.98 Å². The Morgan fingerprint density at radius 2 is 2.05 bits per heavy atom. The summed E-state index contributed by atoms with van der Waals surface area (Å²) < 4.78 is 25.9. The molecule has 0 aliphatic carbocycles. The van der Waals surface area contributed by atoms with E-state index in [1.807, 2.05) is 6.92 Å². The first-order valence-electron chi connectivity index (χ1n) is 6.06. The number of halogens is 2. The van der Waals surface area contributed by atoms with Gasteiger partial charge in [0.25, 0.3) is 5.91 Å². The van der Waals surface area contributed by atoms with E-state index >= 15 is 0 Å². The highest BCUT2D eigenvalue weighted by Gasteiger charge is 2.12. The second kappa shape index (κ2) is 6.10. The van der Waals surface area contributed by atoms with Gasteiger partial charge in [0.05, 0.1) is 11.3 Å². The van der Waals surface area contributed by atoms with Crippen molar-refractivity contribution < 1.29 is 13.6 Å². The molecule has 1 amide bonds. The zero-order chi connectivity index (χ0) is 14.5. The van der Waals surface area contributed by atoms with Crippen LogP contribution in [0.15, 0.2) is 36.7 Å². The Balaban J connectivity index is 2.21. The van der Waals surface area contributed by atoms with E-state index in [2.05, 4.69) is 15.6 Å². The lowest BCUT2D eigenvalue weighted by Gasteiger charge is -2.10. The largest absolute Gasteiger partial charge is 0.385 e. The third-order valence-corrected chi connectivity index (χ3v) is 2.61. The number of hydrogen-bond acceptors (Lipinski definition) is 3. The third kappa shape index (κ3) is 3.09. The number of pyridine rings is 1. The summed E-state index contributed by atoms with van der Waals surface area (Å²) in [5, 5.41) is 5.53. The van der Waals surface area contributed by atoms with Crippen LogP contribution in [0.2, 0.25) is 0 Å². The third-order valence-electron chi connectivity index (χ3n) is 2.61. The summed E-state index contributed by atoms with van der Waals surface area (Å²) in [6, 6.07) is 4.85. The fraction of sp³-hybridized carbons (Fsp3) is 0.143. The standard InChI is InChI=1S/C14H13F2N3O/c1-2-18-13-5-6-17-8-10(13)14(20)19-9-3-4-11(15)12(16)7-9/h3-8H,2H2,1H3,(H,17,18)(H,19,20). The summed E-state index contributed by atoms with van der Waals surface area (Å²) >= 11 is 0. The Kier molecular flexibility index (Phi) is 4.24. The molecule has 0 unspecified atom stereocenters. The van der Waals surface area contributed by atoms with E-state index in [-0.39, 0.29) is 5.69 Å². The van der Waals surface area contributed by atoms with Crippen LogP contribution in [0.25, 0.3) is 0 Å². The number of rotatable bonds is 4. The van der Waals surface area contributed by atoms with Crippen LogP contribution in [0, 0.1) is 11.6 Å². The van der Waals surface area contributed by atoms with Crippen molar-refractivity contribution in [3.8, 4) is 0 Å². The van der Waals surface area contributed by atoms with E-state index in [1.54, 1.807) is 12.3 Å². The molecule has 6 heteroatoms. The first-order valence-corrected chi connectivity index (χ1v) is 6.06. The molecule has 1 aromatic carbocycles. The van der Waals surface area contributed by atoms with E-state index in [4.69, 9.17) is 0 Å². The van der Waals surface area contributed by atoms with Crippen LogP contribution in [0.5, 0.6) is 0 Å². The first-order chi connectivity index (χ1) is 9.61. The molecule has 20 heavy (non-hydrogen) atoms. The highest BCUT2D eigenvalue weighted by Crippen LogP contribution is 2.17. The molecule has 2 aromatic rings. The summed E-state index contributed by atoms with van der Waals surface area (Å²) in [4.78, 5) is 16.0. The average Bonchev–Trinajstić information content (AvgIpc) is 2.44. The second-order valence-corrected chi connectivity index (χ2v) is 4.03. The first kappa shape index (κ1) is 13.9. The monoisotopic (exact) mass is 277 g/mol. The second-order valence-electron chi connectivity index (χ2n) is 4.03. The minimum Gasteiger partial charge on any atom is -0.385 e. The van der Waals surface area contributed by atoms with E-state index in [0.29, 0.717) is 17.8 Å². The van der Waals surface area contributed by atoms with Crippen molar-refractivity contribution in [2.24, 2.45) is 0 Å². The van der Waals surface area contributed by atoms with Crippen molar-refractivity contribution in [2.75, 3.05) is 17.2 Å². The van der Waals surface area contributed by atoms with Gasteiger partial charge in [0.15, 0.2) is 11.6 Å². The SMILES string of the molecule is CCNc1ccncc1C(=O)Nc1ccc(F)c(F)c1. The minimum atomic E-state index is -1.01. The summed E-state index contributed by atoms with van der Waals surface area (Å²) in [5.41, 5.74) is 1.14. The highest BCUT2D eigenvalue weighted by molar-refractivity contribution is 6.07. The summed E-state index contributed by atoms with van der Waals surface area (Å²) in [5.74, 6) is -2.42. The molecular weight excluding hydrogens is 264 g/mol. The number of carbonyl (C=O) groups excluding carboxylic acids is 1. The topological polar surface area (TPSA) is 54.0 Å². The van der Waals surface area contributed by atoms with Gasteiger partial charge < -0.3 is 10.6 Å². The Morgan fingerprint density at radius 1 is 1.25 bits per heavy atom. The Hall–Kier alpha value is -2.50. The summed E-state index contributed by atoms with van der Waals surface area (Å²) in [6.07, 6.45) is 2.97. The van der Waals surface area contributed by atoms with Crippen LogP contribution in [-0.2, 0) is 0 Å². The number of hydrogen-bond donors (Lipinski definition) is 2. The number of carbonyl (C=O) groups is 1. The highest BCUT2D eigenvalue weighted by atomic mass is 19.2. The van der Waals surface area contributed by atoms with Gasteiger partial charge >= 0.3 is 0 Å². The van der Waals surface area contributed by atoms with Crippen LogP contribution < -0.4 is 10.6 Å². The van der Waals surface area contributed by atoms with Crippen LogP contribution in [-0.4, -0.2) is 17.4 Å². The Bertz CT molecular complexity index is 632. The molecule has 0 aliphatic rings. The lowest BCUT2D eigenvalue weighted by atomic mass is 10.2. The minimum absolute atomic E-state index is 0.181. The van der Waals surface area contributed by atoms with E-state index < -0.39 is 17.5 Å². The van der Waals surface area contributed by atoms with Gasteiger partial charge in [-0.05, 0) is 25.1 Å². The number of anilines is 2. The molecule has 2 rings (SSSR count). The molecule has 2 N–H and O–H groups in total. The molecule has 0 fully saturated rings. The lowest BCUT2D eigenvalue weighted by molar-refractivity contribution is 0.102. The fourth-order valence-corrected chi connectivity index (χ4v) is 1.69. The maximum atomic E-state index is 13.1. The molecular formula is C14H13F2N3O. The molecule has 104 valence electrons. The quantitative estimate of drug-likeness (QED) is 0.903. The molecule has 4 nitrogen and oxygen atoms in total. The lowest BCUT2D eigenvalue weighted by Crippen LogP contribution is -2.15. The predicted octanol–water partition coefficient (Wildman–Crippen LogP) is 3.04. The molecule has 0 saturated carbocycles. The van der Waals surface area contributed by atoms with Crippen molar-refractivity contribution in [1.29, 1.82) is 0 Å².